The fourth-order valence-electron chi connectivity index (χ4n) is 1.76. The van der Waals surface area contributed by atoms with E-state index < -0.39 is 4.92 Å². The molecule has 0 fully saturated rings. The third-order valence-corrected chi connectivity index (χ3v) is 2.62. The number of nitrogen functional groups attached to an aromatic ring is 1. The predicted molar refractivity (Wildman–Crippen MR) is 71.8 cm³/mol. The fourth-order valence-corrected chi connectivity index (χ4v) is 1.76. The van der Waals surface area contributed by atoms with E-state index in [1.54, 1.807) is 4.90 Å². The molecule has 0 aliphatic rings. The van der Waals surface area contributed by atoms with Crippen molar-refractivity contribution in [3.05, 3.63) is 27.9 Å². The van der Waals surface area contributed by atoms with E-state index in [0.717, 1.165) is 19.0 Å². The molecule has 1 rings (SSSR count). The van der Waals surface area contributed by atoms with Crippen LogP contribution in [0.25, 0.3) is 0 Å². The fraction of sp³-hybridized carbons (Fsp3) is 0.500. The van der Waals surface area contributed by atoms with Gasteiger partial charge in [-0.3, -0.25) is 14.9 Å². The number of amides is 1. The molecular formula is C12H18N4O3. The van der Waals surface area contributed by atoms with Gasteiger partial charge >= 0.3 is 0 Å². The molecule has 0 radical (unpaired) electrons. The van der Waals surface area contributed by atoms with Crippen LogP contribution in [-0.4, -0.2) is 33.8 Å². The summed E-state index contributed by atoms with van der Waals surface area (Å²) in [4.78, 5) is 27.8. The highest BCUT2D eigenvalue weighted by atomic mass is 16.6. The summed E-state index contributed by atoms with van der Waals surface area (Å²) in [5, 5.41) is 10.7. The van der Waals surface area contributed by atoms with Crippen LogP contribution in [0.15, 0.2) is 12.3 Å². The van der Waals surface area contributed by atoms with Crippen LogP contribution < -0.4 is 5.73 Å². The van der Waals surface area contributed by atoms with Crippen molar-refractivity contribution in [2.75, 3.05) is 18.8 Å². The molecule has 1 heterocycles. The first-order valence-electron chi connectivity index (χ1n) is 6.20. The Balaban J connectivity index is 3.08. The zero-order valence-electron chi connectivity index (χ0n) is 11.1. The number of nitrogens with two attached hydrogens (primary N) is 1. The van der Waals surface area contributed by atoms with Gasteiger partial charge in [-0.05, 0) is 12.8 Å². The van der Waals surface area contributed by atoms with Gasteiger partial charge in [0.25, 0.3) is 11.6 Å². The van der Waals surface area contributed by atoms with Gasteiger partial charge in [0.1, 0.15) is 12.0 Å². The number of carbonyl (C=O) groups is 1. The second-order valence-corrected chi connectivity index (χ2v) is 4.18. The lowest BCUT2D eigenvalue weighted by Crippen LogP contribution is -2.33. The summed E-state index contributed by atoms with van der Waals surface area (Å²) in [5.41, 5.74) is 5.50. The number of hydrogen-bond donors (Lipinski definition) is 1. The molecule has 0 saturated carbocycles. The lowest BCUT2D eigenvalue weighted by atomic mass is 10.2. The van der Waals surface area contributed by atoms with Crippen LogP contribution in [0.5, 0.6) is 0 Å². The largest absolute Gasteiger partial charge is 0.383 e. The van der Waals surface area contributed by atoms with Crippen molar-refractivity contribution >= 4 is 17.4 Å². The minimum atomic E-state index is -0.590. The molecule has 104 valence electrons. The Morgan fingerprint density at radius 3 is 2.47 bits per heavy atom. The van der Waals surface area contributed by atoms with Crippen molar-refractivity contribution < 1.29 is 9.72 Å². The van der Waals surface area contributed by atoms with Crippen molar-refractivity contribution in [3.63, 3.8) is 0 Å². The quantitative estimate of drug-likeness (QED) is 0.625. The Labute approximate surface area is 111 Å². The predicted octanol–water partition coefficient (Wildman–Crippen LogP) is 1.83. The van der Waals surface area contributed by atoms with E-state index in [1.807, 2.05) is 13.8 Å². The van der Waals surface area contributed by atoms with E-state index in [-0.39, 0.29) is 23.0 Å². The highest BCUT2D eigenvalue weighted by Gasteiger charge is 2.20. The molecule has 7 nitrogen and oxygen atoms in total. The number of anilines is 1. The summed E-state index contributed by atoms with van der Waals surface area (Å²) in [5.74, 6) is -0.287. The lowest BCUT2D eigenvalue weighted by molar-refractivity contribution is -0.385. The van der Waals surface area contributed by atoms with Crippen molar-refractivity contribution in [2.45, 2.75) is 26.7 Å². The van der Waals surface area contributed by atoms with Gasteiger partial charge in [-0.25, -0.2) is 4.98 Å². The number of nitro groups is 1. The Morgan fingerprint density at radius 2 is 2.00 bits per heavy atom. The first-order chi connectivity index (χ1) is 9.01. The van der Waals surface area contributed by atoms with Crippen LogP contribution in [-0.2, 0) is 0 Å². The first-order valence-corrected chi connectivity index (χ1v) is 6.20. The summed E-state index contributed by atoms with van der Waals surface area (Å²) in [6.07, 6.45) is 2.68. The van der Waals surface area contributed by atoms with Crippen LogP contribution in [0.1, 0.15) is 37.0 Å². The highest BCUT2D eigenvalue weighted by Crippen LogP contribution is 2.18. The van der Waals surface area contributed by atoms with E-state index >= 15 is 0 Å². The molecule has 0 atom stereocenters. The van der Waals surface area contributed by atoms with Crippen molar-refractivity contribution in [1.29, 1.82) is 0 Å². The SMILES string of the molecule is CCCN(CCC)C(=O)c1cc([N+](=O)[O-])cnc1N. The van der Waals surface area contributed by atoms with Crippen LogP contribution in [0.2, 0.25) is 0 Å². The minimum Gasteiger partial charge on any atom is -0.383 e. The highest BCUT2D eigenvalue weighted by molar-refractivity contribution is 5.98. The Hall–Kier alpha value is -2.18. The molecule has 1 aromatic heterocycles. The molecule has 0 spiro atoms. The molecule has 2 N–H and O–H groups in total. The summed E-state index contributed by atoms with van der Waals surface area (Å²) in [6, 6.07) is 1.18. The molecule has 19 heavy (non-hydrogen) atoms. The second kappa shape index (κ2) is 6.67. The van der Waals surface area contributed by atoms with E-state index in [1.165, 1.54) is 6.07 Å². The zero-order valence-corrected chi connectivity index (χ0v) is 11.1. The standard InChI is InChI=1S/C12H18N4O3/c1-3-5-15(6-4-2)12(17)10-7-9(16(18)19)8-14-11(10)13/h7-8H,3-6H2,1-2H3,(H2,13,14). The molecule has 0 aliphatic carbocycles. The average molecular weight is 266 g/mol. The van der Waals surface area contributed by atoms with Crippen LogP contribution in [0.4, 0.5) is 11.5 Å². The first kappa shape index (κ1) is 14.9. The average Bonchev–Trinajstić information content (AvgIpc) is 2.38. The van der Waals surface area contributed by atoms with Crippen LogP contribution >= 0.6 is 0 Å². The van der Waals surface area contributed by atoms with Crippen molar-refractivity contribution in [3.8, 4) is 0 Å². The maximum Gasteiger partial charge on any atom is 0.288 e. The van der Waals surface area contributed by atoms with Gasteiger partial charge in [0, 0.05) is 19.2 Å². The van der Waals surface area contributed by atoms with Gasteiger partial charge in [-0.15, -0.1) is 0 Å². The van der Waals surface area contributed by atoms with Gasteiger partial charge in [0.05, 0.1) is 10.5 Å². The molecule has 1 amide bonds. The topological polar surface area (TPSA) is 102 Å². The third-order valence-electron chi connectivity index (χ3n) is 2.62. The molecule has 0 saturated heterocycles. The molecule has 7 heteroatoms. The van der Waals surface area contributed by atoms with Gasteiger partial charge < -0.3 is 10.6 Å². The smallest absolute Gasteiger partial charge is 0.288 e. The van der Waals surface area contributed by atoms with E-state index in [0.29, 0.717) is 13.1 Å². The maximum atomic E-state index is 12.3. The normalized spacial score (nSPS) is 10.2. The Morgan fingerprint density at radius 1 is 1.42 bits per heavy atom. The summed E-state index contributed by atoms with van der Waals surface area (Å²) >= 11 is 0. The minimum absolute atomic E-state index is 0.0211. The van der Waals surface area contributed by atoms with Gasteiger partial charge in [0.15, 0.2) is 0 Å². The van der Waals surface area contributed by atoms with Gasteiger partial charge in [-0.1, -0.05) is 13.8 Å². The summed E-state index contributed by atoms with van der Waals surface area (Å²) in [6.45, 7) is 5.11. The lowest BCUT2D eigenvalue weighted by Gasteiger charge is -2.21. The number of hydrogen-bond acceptors (Lipinski definition) is 5. The number of rotatable bonds is 6. The molecule has 0 bridgehead atoms. The Bertz CT molecular complexity index is 470. The number of carbonyl (C=O) groups excluding carboxylic acids is 1. The van der Waals surface area contributed by atoms with Gasteiger partial charge in [-0.2, -0.15) is 0 Å². The van der Waals surface area contributed by atoms with E-state index in [4.69, 9.17) is 5.73 Å². The van der Waals surface area contributed by atoms with Crippen LogP contribution in [0.3, 0.4) is 0 Å². The zero-order chi connectivity index (χ0) is 14.4. The van der Waals surface area contributed by atoms with Gasteiger partial charge in [0.2, 0.25) is 0 Å². The third kappa shape index (κ3) is 3.64. The molecular weight excluding hydrogens is 248 g/mol. The number of nitrogens with zero attached hydrogens (tertiary/aromatic N) is 3. The van der Waals surface area contributed by atoms with E-state index in [9.17, 15) is 14.9 Å². The monoisotopic (exact) mass is 266 g/mol. The molecule has 1 aromatic rings. The second-order valence-electron chi connectivity index (χ2n) is 4.18. The van der Waals surface area contributed by atoms with Crippen LogP contribution in [0, 0.1) is 10.1 Å². The Kier molecular flexibility index (Phi) is 5.23. The number of pyridine rings is 1. The molecule has 0 unspecified atom stereocenters. The van der Waals surface area contributed by atoms with Crippen molar-refractivity contribution in [2.24, 2.45) is 0 Å². The summed E-state index contributed by atoms with van der Waals surface area (Å²) < 4.78 is 0. The maximum absolute atomic E-state index is 12.3. The number of aromatic nitrogens is 1. The van der Waals surface area contributed by atoms with E-state index in [2.05, 4.69) is 4.98 Å². The summed E-state index contributed by atoms with van der Waals surface area (Å²) in [7, 11) is 0. The molecule has 0 aliphatic heterocycles. The molecule has 0 aromatic carbocycles. The van der Waals surface area contributed by atoms with Crippen molar-refractivity contribution in [1.82, 2.24) is 9.88 Å².